The van der Waals surface area contributed by atoms with Crippen molar-refractivity contribution in [2.75, 3.05) is 29.5 Å². The van der Waals surface area contributed by atoms with Gasteiger partial charge in [0, 0.05) is 13.1 Å². The largest absolute Gasteiger partial charge is 0.465 e. The highest BCUT2D eigenvalue weighted by molar-refractivity contribution is 5.65. The van der Waals surface area contributed by atoms with Crippen molar-refractivity contribution < 1.29 is 9.90 Å². The Morgan fingerprint density at radius 2 is 2.29 bits per heavy atom. The minimum Gasteiger partial charge on any atom is -0.465 e. The van der Waals surface area contributed by atoms with Gasteiger partial charge in [-0.2, -0.15) is 0 Å². The van der Waals surface area contributed by atoms with Gasteiger partial charge in [-0.05, 0) is 18.6 Å². The van der Waals surface area contributed by atoms with E-state index in [1.807, 2.05) is 4.90 Å². The van der Waals surface area contributed by atoms with Crippen LogP contribution >= 0.6 is 0 Å². The monoisotopic (exact) mass is 237 g/mol. The molecule has 0 bridgehead atoms. The molecule has 1 amide bonds. The second-order valence-electron chi connectivity index (χ2n) is 4.03. The average Bonchev–Trinajstić information content (AvgIpc) is 2.69. The maximum atomic E-state index is 10.5. The normalized spacial score (nSPS) is 19.3. The Morgan fingerprint density at radius 1 is 1.53 bits per heavy atom. The molecule has 0 aromatic carbocycles. The summed E-state index contributed by atoms with van der Waals surface area (Å²) >= 11 is 0. The summed E-state index contributed by atoms with van der Waals surface area (Å²) in [4.78, 5) is 16.7. The zero-order valence-electron chi connectivity index (χ0n) is 9.26. The molecule has 1 atom stereocenters. The lowest BCUT2D eigenvalue weighted by molar-refractivity contribution is 0.191. The fourth-order valence-electron chi connectivity index (χ4n) is 1.91. The van der Waals surface area contributed by atoms with Gasteiger partial charge in [-0.1, -0.05) is 0 Å². The summed E-state index contributed by atoms with van der Waals surface area (Å²) in [5.41, 5.74) is 11.7. The summed E-state index contributed by atoms with van der Waals surface area (Å²) < 4.78 is 0. The van der Waals surface area contributed by atoms with Crippen molar-refractivity contribution in [2.24, 2.45) is 0 Å². The van der Waals surface area contributed by atoms with E-state index in [0.717, 1.165) is 18.8 Å². The van der Waals surface area contributed by atoms with Crippen molar-refractivity contribution in [2.45, 2.75) is 12.5 Å². The first kappa shape index (κ1) is 11.3. The number of rotatable bonds is 2. The van der Waals surface area contributed by atoms with Crippen LogP contribution in [0.1, 0.15) is 6.42 Å². The number of carboxylic acid groups (broad SMARTS) is 1. The summed E-state index contributed by atoms with van der Waals surface area (Å²) in [5.74, 6) is 1.03. The second-order valence-corrected chi connectivity index (χ2v) is 4.03. The van der Waals surface area contributed by atoms with Crippen molar-refractivity contribution in [3.8, 4) is 0 Å². The Balaban J connectivity index is 2.04. The van der Waals surface area contributed by atoms with Crippen LogP contribution in [0.4, 0.5) is 22.1 Å². The predicted octanol–water partition coefficient (Wildman–Crippen LogP) is 0.0923. The third kappa shape index (κ3) is 2.49. The average molecular weight is 237 g/mol. The number of amides is 1. The summed E-state index contributed by atoms with van der Waals surface area (Å²) in [5, 5.41) is 11.1. The lowest BCUT2D eigenvalue weighted by Crippen LogP contribution is -2.36. The van der Waals surface area contributed by atoms with Crippen molar-refractivity contribution in [3.05, 3.63) is 12.1 Å². The van der Waals surface area contributed by atoms with E-state index >= 15 is 0 Å². The van der Waals surface area contributed by atoms with Crippen LogP contribution in [0.2, 0.25) is 0 Å². The minimum absolute atomic E-state index is 0.0620. The van der Waals surface area contributed by atoms with Gasteiger partial charge >= 0.3 is 6.09 Å². The van der Waals surface area contributed by atoms with Gasteiger partial charge in [0.25, 0.3) is 0 Å². The van der Waals surface area contributed by atoms with Crippen LogP contribution in [-0.4, -0.2) is 35.3 Å². The van der Waals surface area contributed by atoms with Gasteiger partial charge in [0.15, 0.2) is 0 Å². The third-order valence-corrected chi connectivity index (χ3v) is 2.78. The molecule has 0 saturated carbocycles. The first-order valence-electron chi connectivity index (χ1n) is 5.32. The van der Waals surface area contributed by atoms with Crippen molar-refractivity contribution in [1.82, 2.24) is 10.3 Å². The first-order chi connectivity index (χ1) is 8.06. The van der Waals surface area contributed by atoms with Crippen LogP contribution in [0.25, 0.3) is 0 Å². The molecular formula is C10H15N5O2. The van der Waals surface area contributed by atoms with Crippen LogP contribution in [0.3, 0.4) is 0 Å². The molecule has 0 spiro atoms. The van der Waals surface area contributed by atoms with E-state index in [-0.39, 0.29) is 6.04 Å². The van der Waals surface area contributed by atoms with Crippen molar-refractivity contribution >= 4 is 23.4 Å². The van der Waals surface area contributed by atoms with E-state index < -0.39 is 6.09 Å². The van der Waals surface area contributed by atoms with Crippen LogP contribution in [0.15, 0.2) is 12.1 Å². The van der Waals surface area contributed by atoms with E-state index in [9.17, 15) is 4.79 Å². The van der Waals surface area contributed by atoms with Gasteiger partial charge < -0.3 is 26.8 Å². The standard InChI is InChI=1S/C10H15N5O2/c11-7-1-2-8(14-9(7)12)15-4-3-6(5-15)13-10(16)17/h1-2,6,13H,3-5,11H2,(H2,12,14)(H,16,17). The van der Waals surface area contributed by atoms with E-state index in [1.165, 1.54) is 0 Å². The van der Waals surface area contributed by atoms with E-state index in [0.29, 0.717) is 18.1 Å². The molecule has 2 rings (SSSR count). The molecule has 6 N–H and O–H groups in total. The summed E-state index contributed by atoms with van der Waals surface area (Å²) in [6, 6.07) is 3.43. The molecule has 92 valence electrons. The van der Waals surface area contributed by atoms with Gasteiger partial charge in [0.05, 0.1) is 11.7 Å². The molecular weight excluding hydrogens is 222 g/mol. The summed E-state index contributed by atoms with van der Waals surface area (Å²) in [6.45, 7) is 1.35. The maximum absolute atomic E-state index is 10.5. The molecule has 0 radical (unpaired) electrons. The fraction of sp³-hybridized carbons (Fsp3) is 0.400. The maximum Gasteiger partial charge on any atom is 0.404 e. The number of pyridine rings is 1. The number of nitrogen functional groups attached to an aromatic ring is 2. The Kier molecular flexibility index (Phi) is 2.90. The van der Waals surface area contributed by atoms with Gasteiger partial charge in [0.1, 0.15) is 11.6 Å². The quantitative estimate of drug-likeness (QED) is 0.579. The first-order valence-corrected chi connectivity index (χ1v) is 5.32. The highest BCUT2D eigenvalue weighted by atomic mass is 16.4. The minimum atomic E-state index is -0.998. The van der Waals surface area contributed by atoms with Gasteiger partial charge in [-0.25, -0.2) is 9.78 Å². The molecule has 1 fully saturated rings. The highest BCUT2D eigenvalue weighted by Gasteiger charge is 2.24. The molecule has 1 aliphatic rings. The topological polar surface area (TPSA) is 118 Å². The van der Waals surface area contributed by atoms with Crippen LogP contribution in [-0.2, 0) is 0 Å². The van der Waals surface area contributed by atoms with Crippen molar-refractivity contribution in [3.63, 3.8) is 0 Å². The molecule has 7 heteroatoms. The molecule has 2 heterocycles. The van der Waals surface area contributed by atoms with Crippen LogP contribution < -0.4 is 21.7 Å². The smallest absolute Gasteiger partial charge is 0.404 e. The molecule has 1 aromatic rings. The number of hydrogen-bond donors (Lipinski definition) is 4. The second kappa shape index (κ2) is 4.36. The Labute approximate surface area is 98.4 Å². The van der Waals surface area contributed by atoms with Gasteiger partial charge in [0.2, 0.25) is 0 Å². The molecule has 7 nitrogen and oxygen atoms in total. The lowest BCUT2D eigenvalue weighted by Gasteiger charge is -2.18. The molecule has 1 saturated heterocycles. The van der Waals surface area contributed by atoms with E-state index in [1.54, 1.807) is 12.1 Å². The fourth-order valence-corrected chi connectivity index (χ4v) is 1.91. The zero-order chi connectivity index (χ0) is 12.4. The molecule has 1 unspecified atom stereocenters. The lowest BCUT2D eigenvalue weighted by atomic mass is 10.3. The van der Waals surface area contributed by atoms with Gasteiger partial charge in [-0.15, -0.1) is 0 Å². The summed E-state index contributed by atoms with van der Waals surface area (Å²) in [7, 11) is 0. The Morgan fingerprint density at radius 3 is 2.94 bits per heavy atom. The summed E-state index contributed by atoms with van der Waals surface area (Å²) in [6.07, 6.45) is -0.236. The third-order valence-electron chi connectivity index (χ3n) is 2.78. The number of carbonyl (C=O) groups is 1. The van der Waals surface area contributed by atoms with E-state index in [2.05, 4.69) is 10.3 Å². The van der Waals surface area contributed by atoms with Gasteiger partial charge in [-0.3, -0.25) is 0 Å². The number of nitrogens with one attached hydrogen (secondary N) is 1. The number of nitrogens with zero attached hydrogens (tertiary/aromatic N) is 2. The number of hydrogen-bond acceptors (Lipinski definition) is 5. The SMILES string of the molecule is Nc1ccc(N2CCC(NC(=O)O)C2)nc1N. The predicted molar refractivity (Wildman–Crippen MR) is 64.8 cm³/mol. The van der Waals surface area contributed by atoms with Crippen LogP contribution in [0, 0.1) is 0 Å². The number of anilines is 3. The number of nitrogens with two attached hydrogens (primary N) is 2. The molecule has 1 aromatic heterocycles. The Bertz CT molecular complexity index is 437. The van der Waals surface area contributed by atoms with Crippen molar-refractivity contribution in [1.29, 1.82) is 0 Å². The Hall–Kier alpha value is -2.18. The molecule has 1 aliphatic heterocycles. The zero-order valence-corrected chi connectivity index (χ0v) is 9.26. The molecule has 17 heavy (non-hydrogen) atoms. The van der Waals surface area contributed by atoms with Crippen LogP contribution in [0.5, 0.6) is 0 Å². The number of aromatic nitrogens is 1. The highest BCUT2D eigenvalue weighted by Crippen LogP contribution is 2.22. The molecule has 0 aliphatic carbocycles. The van der Waals surface area contributed by atoms with E-state index in [4.69, 9.17) is 16.6 Å².